The summed E-state index contributed by atoms with van der Waals surface area (Å²) < 4.78 is 5.57. The van der Waals surface area contributed by atoms with Crippen molar-refractivity contribution in [1.82, 2.24) is 5.32 Å². The third kappa shape index (κ3) is 4.82. The first-order chi connectivity index (χ1) is 14.6. The van der Waals surface area contributed by atoms with Gasteiger partial charge in [0.2, 0.25) is 5.91 Å². The van der Waals surface area contributed by atoms with Crippen LogP contribution in [0.2, 0.25) is 0 Å². The van der Waals surface area contributed by atoms with Crippen molar-refractivity contribution in [2.75, 3.05) is 23.8 Å². The van der Waals surface area contributed by atoms with Crippen molar-refractivity contribution < 1.29 is 14.3 Å². The van der Waals surface area contributed by atoms with Gasteiger partial charge in [0.05, 0.1) is 11.7 Å². The van der Waals surface area contributed by atoms with E-state index in [0.717, 1.165) is 38.0 Å². The highest BCUT2D eigenvalue weighted by Crippen LogP contribution is 2.25. The highest BCUT2D eigenvalue weighted by atomic mass is 16.5. The number of benzene rings is 2. The quantitative estimate of drug-likeness (QED) is 0.656. The maximum absolute atomic E-state index is 12.7. The van der Waals surface area contributed by atoms with Gasteiger partial charge in [0, 0.05) is 24.5 Å². The molecule has 2 aromatic carbocycles. The van der Waals surface area contributed by atoms with Crippen LogP contribution in [-0.4, -0.2) is 37.1 Å². The molecule has 0 unspecified atom stereocenters. The van der Waals surface area contributed by atoms with Gasteiger partial charge < -0.3 is 20.7 Å². The SMILES string of the molecule is C[C@@H](Nc1ccccc1C(=O)NC[C@H]1CCCO1)C(=O)Nc1ccc2c(c1)CCC2. The van der Waals surface area contributed by atoms with Crippen molar-refractivity contribution in [2.45, 2.75) is 51.2 Å². The van der Waals surface area contributed by atoms with E-state index >= 15 is 0 Å². The number of nitrogens with one attached hydrogen (secondary N) is 3. The maximum atomic E-state index is 12.7. The molecule has 2 aliphatic rings. The van der Waals surface area contributed by atoms with Gasteiger partial charge in [-0.25, -0.2) is 0 Å². The number of ether oxygens (including phenoxy) is 1. The molecule has 1 saturated heterocycles. The van der Waals surface area contributed by atoms with Gasteiger partial charge in [-0.05, 0) is 74.4 Å². The van der Waals surface area contributed by atoms with Crippen LogP contribution in [0, 0.1) is 0 Å². The van der Waals surface area contributed by atoms with Crippen LogP contribution < -0.4 is 16.0 Å². The average molecular weight is 408 g/mol. The largest absolute Gasteiger partial charge is 0.376 e. The topological polar surface area (TPSA) is 79.5 Å². The van der Waals surface area contributed by atoms with E-state index in [1.165, 1.54) is 17.5 Å². The maximum Gasteiger partial charge on any atom is 0.253 e. The number of anilines is 2. The molecule has 0 spiro atoms. The van der Waals surface area contributed by atoms with Crippen molar-refractivity contribution in [3.05, 3.63) is 59.2 Å². The number of carbonyl (C=O) groups excluding carboxylic acids is 2. The van der Waals surface area contributed by atoms with E-state index < -0.39 is 6.04 Å². The molecule has 2 atom stereocenters. The highest BCUT2D eigenvalue weighted by Gasteiger charge is 2.20. The van der Waals surface area contributed by atoms with E-state index in [1.54, 1.807) is 13.0 Å². The van der Waals surface area contributed by atoms with Gasteiger partial charge in [-0.2, -0.15) is 0 Å². The van der Waals surface area contributed by atoms with Crippen LogP contribution in [0.5, 0.6) is 0 Å². The summed E-state index contributed by atoms with van der Waals surface area (Å²) in [5, 5.41) is 9.11. The van der Waals surface area contributed by atoms with E-state index in [-0.39, 0.29) is 17.9 Å². The van der Waals surface area contributed by atoms with Crippen molar-refractivity contribution in [1.29, 1.82) is 0 Å². The first-order valence-electron chi connectivity index (χ1n) is 10.8. The van der Waals surface area contributed by atoms with Gasteiger partial charge in [-0.15, -0.1) is 0 Å². The van der Waals surface area contributed by atoms with Crippen LogP contribution in [0.4, 0.5) is 11.4 Å². The lowest BCUT2D eigenvalue weighted by atomic mass is 10.1. The summed E-state index contributed by atoms with van der Waals surface area (Å²) in [5.74, 6) is -0.303. The van der Waals surface area contributed by atoms with Crippen molar-refractivity contribution in [2.24, 2.45) is 0 Å². The fraction of sp³-hybridized carbons (Fsp3) is 0.417. The van der Waals surface area contributed by atoms with Crippen LogP contribution >= 0.6 is 0 Å². The molecule has 0 saturated carbocycles. The van der Waals surface area contributed by atoms with Crippen LogP contribution in [0.3, 0.4) is 0 Å². The predicted octanol–water partition coefficient (Wildman–Crippen LogP) is 3.52. The predicted molar refractivity (Wildman–Crippen MR) is 118 cm³/mol. The second-order valence-corrected chi connectivity index (χ2v) is 8.08. The lowest BCUT2D eigenvalue weighted by molar-refractivity contribution is -0.116. The Balaban J connectivity index is 1.37. The normalized spacial score (nSPS) is 18.5. The molecule has 4 rings (SSSR count). The van der Waals surface area contributed by atoms with Crippen LogP contribution in [0.25, 0.3) is 0 Å². The van der Waals surface area contributed by atoms with E-state index in [0.29, 0.717) is 17.8 Å². The molecule has 6 nitrogen and oxygen atoms in total. The fourth-order valence-corrected chi connectivity index (χ4v) is 4.11. The third-order valence-electron chi connectivity index (χ3n) is 5.82. The summed E-state index contributed by atoms with van der Waals surface area (Å²) in [5.41, 5.74) is 4.67. The van der Waals surface area contributed by atoms with E-state index in [9.17, 15) is 9.59 Å². The number of hydrogen-bond donors (Lipinski definition) is 3. The summed E-state index contributed by atoms with van der Waals surface area (Å²) in [6.07, 6.45) is 5.46. The van der Waals surface area contributed by atoms with Crippen molar-refractivity contribution in [3.8, 4) is 0 Å². The van der Waals surface area contributed by atoms with Crippen LogP contribution in [0.15, 0.2) is 42.5 Å². The zero-order valence-corrected chi connectivity index (χ0v) is 17.4. The molecular weight excluding hydrogens is 378 g/mol. The number of amides is 2. The standard InChI is InChI=1S/C24H29N3O3/c1-16(23(28)27-19-12-11-17-6-4-7-18(17)14-19)26-22-10-3-2-9-21(22)24(29)25-15-20-8-5-13-30-20/h2-3,9-12,14,16,20,26H,4-8,13,15H2,1H3,(H,25,29)(H,27,28)/t16-,20-/m1/s1. The minimum absolute atomic E-state index is 0.0890. The zero-order chi connectivity index (χ0) is 20.9. The Hall–Kier alpha value is -2.86. The fourth-order valence-electron chi connectivity index (χ4n) is 4.11. The molecule has 2 amide bonds. The Morgan fingerprint density at radius 2 is 1.93 bits per heavy atom. The molecule has 0 bridgehead atoms. The molecule has 1 aliphatic carbocycles. The number of para-hydroxylation sites is 1. The molecule has 3 N–H and O–H groups in total. The summed E-state index contributed by atoms with van der Waals surface area (Å²) in [7, 11) is 0. The van der Waals surface area contributed by atoms with Gasteiger partial charge in [0.25, 0.3) is 5.91 Å². The van der Waals surface area contributed by atoms with Gasteiger partial charge in [-0.3, -0.25) is 9.59 Å². The molecule has 0 radical (unpaired) electrons. The summed E-state index contributed by atoms with van der Waals surface area (Å²) in [6, 6.07) is 12.9. The minimum Gasteiger partial charge on any atom is -0.376 e. The van der Waals surface area contributed by atoms with E-state index in [2.05, 4.69) is 28.1 Å². The molecule has 158 valence electrons. The summed E-state index contributed by atoms with van der Waals surface area (Å²) in [6.45, 7) is 3.06. The Bertz CT molecular complexity index is 922. The summed E-state index contributed by atoms with van der Waals surface area (Å²) >= 11 is 0. The Morgan fingerprint density at radius 1 is 1.10 bits per heavy atom. The number of hydrogen-bond acceptors (Lipinski definition) is 4. The first-order valence-corrected chi connectivity index (χ1v) is 10.8. The van der Waals surface area contributed by atoms with Crippen molar-refractivity contribution >= 4 is 23.2 Å². The van der Waals surface area contributed by atoms with Crippen LogP contribution in [-0.2, 0) is 22.4 Å². The lowest BCUT2D eigenvalue weighted by Crippen LogP contribution is -2.34. The lowest BCUT2D eigenvalue weighted by Gasteiger charge is -2.18. The van der Waals surface area contributed by atoms with Crippen molar-refractivity contribution in [3.63, 3.8) is 0 Å². The number of rotatable bonds is 7. The Labute approximate surface area is 177 Å². The molecule has 6 heteroatoms. The van der Waals surface area contributed by atoms with Gasteiger partial charge in [0.15, 0.2) is 0 Å². The third-order valence-corrected chi connectivity index (χ3v) is 5.82. The minimum atomic E-state index is -0.495. The molecule has 1 aliphatic heterocycles. The first kappa shape index (κ1) is 20.4. The number of carbonyl (C=O) groups is 2. The number of aryl methyl sites for hydroxylation is 2. The second kappa shape index (κ2) is 9.30. The van der Waals surface area contributed by atoms with E-state index in [1.807, 2.05) is 24.3 Å². The Kier molecular flexibility index (Phi) is 6.33. The monoisotopic (exact) mass is 407 g/mol. The smallest absolute Gasteiger partial charge is 0.253 e. The molecule has 1 fully saturated rings. The number of fused-ring (bicyclic) bond motifs is 1. The molecule has 2 aromatic rings. The van der Waals surface area contributed by atoms with E-state index in [4.69, 9.17) is 4.74 Å². The summed E-state index contributed by atoms with van der Waals surface area (Å²) in [4.78, 5) is 25.4. The van der Waals surface area contributed by atoms with Crippen LogP contribution in [0.1, 0.15) is 47.7 Å². The average Bonchev–Trinajstić information content (AvgIpc) is 3.44. The molecular formula is C24H29N3O3. The highest BCUT2D eigenvalue weighted by molar-refractivity contribution is 6.01. The van der Waals surface area contributed by atoms with Gasteiger partial charge >= 0.3 is 0 Å². The molecule has 30 heavy (non-hydrogen) atoms. The second-order valence-electron chi connectivity index (χ2n) is 8.08. The molecule has 1 heterocycles. The Morgan fingerprint density at radius 3 is 2.77 bits per heavy atom. The van der Waals surface area contributed by atoms with Gasteiger partial charge in [-0.1, -0.05) is 18.2 Å². The van der Waals surface area contributed by atoms with Gasteiger partial charge in [0.1, 0.15) is 6.04 Å². The zero-order valence-electron chi connectivity index (χ0n) is 17.4. The molecule has 0 aromatic heterocycles.